The minimum Gasteiger partial charge on any atom is -0.508 e. The maximum atomic E-state index is 12.8. The lowest BCUT2D eigenvalue weighted by molar-refractivity contribution is -0.140. The zero-order valence-electron chi connectivity index (χ0n) is 14.0. The summed E-state index contributed by atoms with van der Waals surface area (Å²) in [4.78, 5) is 28.4. The molecule has 0 aliphatic carbocycles. The van der Waals surface area contributed by atoms with Crippen molar-refractivity contribution in [2.24, 2.45) is 0 Å². The zero-order chi connectivity index (χ0) is 18.4. The van der Waals surface area contributed by atoms with E-state index in [1.165, 1.54) is 12.1 Å². The van der Waals surface area contributed by atoms with Crippen LogP contribution in [0.3, 0.4) is 0 Å². The fourth-order valence-electron chi connectivity index (χ4n) is 4.05. The molecule has 0 spiro atoms. The van der Waals surface area contributed by atoms with Crippen LogP contribution in [0.15, 0.2) is 12.1 Å². The molecule has 0 radical (unpaired) electrons. The summed E-state index contributed by atoms with van der Waals surface area (Å²) < 4.78 is 5.37. The third-order valence-electron chi connectivity index (χ3n) is 5.35. The molecule has 1 aromatic carbocycles. The van der Waals surface area contributed by atoms with Crippen molar-refractivity contribution in [2.45, 2.75) is 24.5 Å². The Balaban J connectivity index is 1.57. The molecular formula is C17H19Cl2N3O4. The summed E-state index contributed by atoms with van der Waals surface area (Å²) in [5.41, 5.74) is 0.523. The normalized spacial score (nSPS) is 28.2. The number of benzene rings is 1. The number of cyclic esters (lactones) is 1. The first kappa shape index (κ1) is 17.7. The average Bonchev–Trinajstić information content (AvgIpc) is 3.19. The molecule has 2 amide bonds. The monoisotopic (exact) mass is 399 g/mol. The van der Waals surface area contributed by atoms with Gasteiger partial charge in [-0.1, -0.05) is 23.2 Å². The summed E-state index contributed by atoms with van der Waals surface area (Å²) in [5.74, 6) is -0.310. The lowest BCUT2D eigenvalue weighted by Crippen LogP contribution is -2.52. The standard InChI is InChI=1S/C17H19Cl2N3O4/c18-10-1-2-12(23)13(14(10)19)9-7-11-15(26-17(25)22(11)8-9)16(24)21-5-3-20-4-6-21/h1-2,9,11,15,20,23H,3-8H2/t9-,11-,15?/m0/s1. The summed E-state index contributed by atoms with van der Waals surface area (Å²) >= 11 is 12.4. The molecule has 3 saturated heterocycles. The molecule has 3 aliphatic rings. The third kappa shape index (κ3) is 2.88. The lowest BCUT2D eigenvalue weighted by Gasteiger charge is -2.30. The molecule has 0 bridgehead atoms. The number of nitrogens with zero attached hydrogens (tertiary/aromatic N) is 2. The number of ether oxygens (including phenoxy) is 1. The van der Waals surface area contributed by atoms with E-state index < -0.39 is 12.2 Å². The van der Waals surface area contributed by atoms with Gasteiger partial charge >= 0.3 is 6.09 Å². The van der Waals surface area contributed by atoms with Crippen LogP contribution in [0.2, 0.25) is 10.0 Å². The van der Waals surface area contributed by atoms with E-state index in [-0.39, 0.29) is 28.6 Å². The van der Waals surface area contributed by atoms with E-state index in [2.05, 4.69) is 5.32 Å². The first-order valence-electron chi connectivity index (χ1n) is 8.61. The highest BCUT2D eigenvalue weighted by atomic mass is 35.5. The molecule has 0 aromatic heterocycles. The van der Waals surface area contributed by atoms with Crippen molar-refractivity contribution in [2.75, 3.05) is 32.7 Å². The molecule has 3 heterocycles. The van der Waals surface area contributed by atoms with E-state index in [1.54, 1.807) is 9.80 Å². The summed E-state index contributed by atoms with van der Waals surface area (Å²) in [5, 5.41) is 14.1. The summed E-state index contributed by atoms with van der Waals surface area (Å²) in [6.07, 6.45) is -0.823. The van der Waals surface area contributed by atoms with Crippen LogP contribution in [0, 0.1) is 0 Å². The number of piperazine rings is 1. The van der Waals surface area contributed by atoms with Gasteiger partial charge in [0.2, 0.25) is 6.10 Å². The van der Waals surface area contributed by atoms with Gasteiger partial charge in [0.1, 0.15) is 5.75 Å². The molecule has 4 rings (SSSR count). The number of hydrogen-bond acceptors (Lipinski definition) is 5. The number of rotatable bonds is 2. The van der Waals surface area contributed by atoms with E-state index in [0.29, 0.717) is 36.6 Å². The van der Waals surface area contributed by atoms with E-state index in [9.17, 15) is 14.7 Å². The van der Waals surface area contributed by atoms with Crippen molar-refractivity contribution in [3.05, 3.63) is 27.7 Å². The van der Waals surface area contributed by atoms with E-state index in [1.807, 2.05) is 0 Å². The smallest absolute Gasteiger partial charge is 0.411 e. The maximum absolute atomic E-state index is 12.8. The number of hydrogen-bond donors (Lipinski definition) is 2. The van der Waals surface area contributed by atoms with Crippen LogP contribution in [0.1, 0.15) is 17.9 Å². The van der Waals surface area contributed by atoms with E-state index >= 15 is 0 Å². The van der Waals surface area contributed by atoms with Gasteiger partial charge in [-0.25, -0.2) is 4.79 Å². The van der Waals surface area contributed by atoms with Crippen LogP contribution in [0.25, 0.3) is 0 Å². The van der Waals surface area contributed by atoms with Crippen LogP contribution < -0.4 is 5.32 Å². The molecule has 3 fully saturated rings. The molecule has 0 saturated carbocycles. The average molecular weight is 400 g/mol. The van der Waals surface area contributed by atoms with Crippen LogP contribution in [0.4, 0.5) is 4.79 Å². The highest BCUT2D eigenvalue weighted by molar-refractivity contribution is 6.42. The molecule has 9 heteroatoms. The second kappa shape index (κ2) is 6.79. The van der Waals surface area contributed by atoms with Gasteiger partial charge in [-0.15, -0.1) is 0 Å². The van der Waals surface area contributed by atoms with Crippen molar-refractivity contribution in [1.82, 2.24) is 15.1 Å². The molecule has 7 nitrogen and oxygen atoms in total. The number of carbonyl (C=O) groups is 2. The number of halogens is 2. The molecule has 1 aromatic rings. The Labute approximate surface area is 160 Å². The fourth-order valence-corrected chi connectivity index (χ4v) is 4.53. The Morgan fingerprint density at radius 3 is 2.73 bits per heavy atom. The minimum atomic E-state index is -0.814. The number of nitrogens with one attached hydrogen (secondary N) is 1. The lowest BCUT2D eigenvalue weighted by atomic mass is 9.93. The van der Waals surface area contributed by atoms with Crippen LogP contribution in [-0.4, -0.2) is 71.8 Å². The summed E-state index contributed by atoms with van der Waals surface area (Å²) in [7, 11) is 0. The van der Waals surface area contributed by atoms with Crippen molar-refractivity contribution >= 4 is 35.2 Å². The third-order valence-corrected chi connectivity index (χ3v) is 6.16. The summed E-state index contributed by atoms with van der Waals surface area (Å²) in [6.45, 7) is 3.00. The Morgan fingerprint density at radius 1 is 1.27 bits per heavy atom. The highest BCUT2D eigenvalue weighted by Gasteiger charge is 2.52. The van der Waals surface area contributed by atoms with E-state index in [0.717, 1.165) is 13.1 Å². The molecule has 3 atom stereocenters. The van der Waals surface area contributed by atoms with Gasteiger partial charge in [0.25, 0.3) is 5.91 Å². The first-order chi connectivity index (χ1) is 12.5. The molecule has 3 aliphatic heterocycles. The Morgan fingerprint density at radius 2 is 2.00 bits per heavy atom. The first-order valence-corrected chi connectivity index (χ1v) is 9.36. The van der Waals surface area contributed by atoms with Gasteiger partial charge in [-0.3, -0.25) is 4.79 Å². The second-order valence-corrected chi connectivity index (χ2v) is 7.61. The van der Waals surface area contributed by atoms with Crippen molar-refractivity contribution in [3.63, 3.8) is 0 Å². The van der Waals surface area contributed by atoms with E-state index in [4.69, 9.17) is 27.9 Å². The Kier molecular flexibility index (Phi) is 4.62. The zero-order valence-corrected chi connectivity index (χ0v) is 15.5. The van der Waals surface area contributed by atoms with Gasteiger partial charge in [0.15, 0.2) is 0 Å². The largest absolute Gasteiger partial charge is 0.508 e. The maximum Gasteiger partial charge on any atom is 0.411 e. The Bertz CT molecular complexity index is 754. The molecule has 140 valence electrons. The van der Waals surface area contributed by atoms with Crippen molar-refractivity contribution < 1.29 is 19.4 Å². The van der Waals surface area contributed by atoms with Gasteiger partial charge in [0, 0.05) is 44.2 Å². The van der Waals surface area contributed by atoms with Gasteiger partial charge in [-0.2, -0.15) is 0 Å². The minimum absolute atomic E-state index is 0.0453. The van der Waals surface area contributed by atoms with Crippen LogP contribution in [-0.2, 0) is 9.53 Å². The highest BCUT2D eigenvalue weighted by Crippen LogP contribution is 2.45. The quantitative estimate of drug-likeness (QED) is 0.792. The molecule has 2 N–H and O–H groups in total. The van der Waals surface area contributed by atoms with Crippen LogP contribution in [0.5, 0.6) is 5.75 Å². The number of aromatic hydroxyl groups is 1. The van der Waals surface area contributed by atoms with Crippen molar-refractivity contribution in [3.8, 4) is 5.75 Å². The number of fused-ring (bicyclic) bond motifs is 1. The van der Waals surface area contributed by atoms with Gasteiger partial charge in [-0.05, 0) is 18.6 Å². The van der Waals surface area contributed by atoms with Crippen LogP contribution >= 0.6 is 23.2 Å². The summed E-state index contributed by atoms with van der Waals surface area (Å²) in [6, 6.07) is 2.67. The Hall–Kier alpha value is -1.70. The topological polar surface area (TPSA) is 82.1 Å². The predicted octanol–water partition coefficient (Wildman–Crippen LogP) is 1.81. The second-order valence-electron chi connectivity index (χ2n) is 6.83. The van der Waals surface area contributed by atoms with Gasteiger partial charge in [0.05, 0.1) is 16.1 Å². The van der Waals surface area contributed by atoms with Gasteiger partial charge < -0.3 is 25.0 Å². The fraction of sp³-hybridized carbons (Fsp3) is 0.529. The molecule has 1 unspecified atom stereocenters. The number of phenolic OH excluding ortho intramolecular Hbond substituents is 1. The predicted molar refractivity (Wildman–Crippen MR) is 95.7 cm³/mol. The number of carbonyl (C=O) groups excluding carboxylic acids is 2. The molecular weight excluding hydrogens is 381 g/mol. The van der Waals surface area contributed by atoms with Crippen molar-refractivity contribution in [1.29, 1.82) is 0 Å². The number of amides is 2. The SMILES string of the molecule is O=C(C1OC(=O)N2C[C@@H](c3c(O)ccc(Cl)c3Cl)C[C@@H]12)N1CCNCC1. The number of phenols is 1. The molecule has 26 heavy (non-hydrogen) atoms.